The van der Waals surface area contributed by atoms with Crippen LogP contribution < -0.4 is 10.9 Å². The number of hydrogen-bond acceptors (Lipinski definition) is 4. The molecule has 0 spiro atoms. The quantitative estimate of drug-likeness (QED) is 0.625. The molecular weight excluding hydrogens is 402 g/mol. The smallest absolute Gasteiger partial charge is 0.263 e. The zero-order chi connectivity index (χ0) is 22.3. The average molecular weight is 432 g/mol. The van der Waals surface area contributed by atoms with Crippen LogP contribution in [0.15, 0.2) is 71.7 Å². The lowest BCUT2D eigenvalue weighted by atomic mass is 10.0. The van der Waals surface area contributed by atoms with Gasteiger partial charge in [-0.05, 0) is 35.2 Å². The van der Waals surface area contributed by atoms with E-state index in [2.05, 4.69) is 22.3 Å². The maximum atomic E-state index is 13.0. The van der Waals surface area contributed by atoms with Gasteiger partial charge < -0.3 is 14.6 Å². The van der Waals surface area contributed by atoms with E-state index >= 15 is 0 Å². The normalized spacial score (nSPS) is 14.3. The van der Waals surface area contributed by atoms with E-state index < -0.39 is 0 Å². The number of pyridine rings is 1. The zero-order valence-electron chi connectivity index (χ0n) is 18.4. The lowest BCUT2D eigenvalue weighted by Gasteiger charge is -2.26. The first-order valence-electron chi connectivity index (χ1n) is 11.0. The van der Waals surface area contributed by atoms with Crippen LogP contribution in [0.5, 0.6) is 0 Å². The van der Waals surface area contributed by atoms with Gasteiger partial charge >= 0.3 is 0 Å². The summed E-state index contributed by atoms with van der Waals surface area (Å²) >= 11 is 0. The van der Waals surface area contributed by atoms with Crippen molar-refractivity contribution in [1.29, 1.82) is 0 Å². The van der Waals surface area contributed by atoms with E-state index in [0.717, 1.165) is 49.5 Å². The second-order valence-electron chi connectivity index (χ2n) is 8.07. The number of ether oxygens (including phenoxy) is 1. The average Bonchev–Trinajstić information content (AvgIpc) is 2.84. The summed E-state index contributed by atoms with van der Waals surface area (Å²) in [6.45, 7) is 6.69. The van der Waals surface area contributed by atoms with Crippen LogP contribution in [-0.2, 0) is 17.8 Å². The van der Waals surface area contributed by atoms with Gasteiger partial charge in [0.15, 0.2) is 0 Å². The number of carbonyl (C=O) groups excluding carboxylic acids is 1. The summed E-state index contributed by atoms with van der Waals surface area (Å²) < 4.78 is 7.00. The van der Waals surface area contributed by atoms with E-state index in [0.29, 0.717) is 18.7 Å². The molecule has 32 heavy (non-hydrogen) atoms. The molecule has 0 unspecified atom stereocenters. The highest BCUT2D eigenvalue weighted by Crippen LogP contribution is 2.19. The Kier molecular flexibility index (Phi) is 7.14. The van der Waals surface area contributed by atoms with Crippen molar-refractivity contribution in [2.75, 3.05) is 32.8 Å². The number of nitrogens with one attached hydrogen (secondary N) is 1. The van der Waals surface area contributed by atoms with Crippen LogP contribution in [0.1, 0.15) is 21.5 Å². The van der Waals surface area contributed by atoms with Crippen LogP contribution in [0.4, 0.5) is 0 Å². The maximum absolute atomic E-state index is 13.0. The van der Waals surface area contributed by atoms with Gasteiger partial charge in [-0.15, -0.1) is 0 Å². The summed E-state index contributed by atoms with van der Waals surface area (Å²) in [5.74, 6) is -0.333. The number of rotatable bonds is 7. The summed E-state index contributed by atoms with van der Waals surface area (Å²) in [7, 11) is 0. The minimum Gasteiger partial charge on any atom is -0.379 e. The first-order valence-corrected chi connectivity index (χ1v) is 11.0. The number of morpholine rings is 1. The van der Waals surface area contributed by atoms with E-state index in [4.69, 9.17) is 4.74 Å². The molecule has 1 saturated heterocycles. The second kappa shape index (κ2) is 10.4. The van der Waals surface area contributed by atoms with Gasteiger partial charge in [0, 0.05) is 38.9 Å². The minimum atomic E-state index is -0.333. The van der Waals surface area contributed by atoms with Crippen molar-refractivity contribution >= 4 is 5.91 Å². The van der Waals surface area contributed by atoms with Crippen LogP contribution in [0.25, 0.3) is 11.1 Å². The Morgan fingerprint density at radius 3 is 2.34 bits per heavy atom. The Balaban J connectivity index is 1.40. The summed E-state index contributed by atoms with van der Waals surface area (Å²) in [6, 6.07) is 20.1. The molecule has 4 rings (SSSR count). The monoisotopic (exact) mass is 431 g/mol. The van der Waals surface area contributed by atoms with Crippen molar-refractivity contribution < 1.29 is 9.53 Å². The van der Waals surface area contributed by atoms with Gasteiger partial charge in [0.05, 0.1) is 13.2 Å². The third-order valence-corrected chi connectivity index (χ3v) is 5.88. The summed E-state index contributed by atoms with van der Waals surface area (Å²) in [6.07, 6.45) is 1.77. The van der Waals surface area contributed by atoms with E-state index in [1.165, 1.54) is 0 Å². The molecule has 6 heteroatoms. The fourth-order valence-corrected chi connectivity index (χ4v) is 3.91. The molecule has 166 valence electrons. The molecule has 0 saturated carbocycles. The maximum Gasteiger partial charge on any atom is 0.263 e. The van der Waals surface area contributed by atoms with Gasteiger partial charge in [-0.25, -0.2) is 0 Å². The number of aryl methyl sites for hydroxylation is 1. The fourth-order valence-electron chi connectivity index (χ4n) is 3.91. The molecular formula is C26H29N3O3. The summed E-state index contributed by atoms with van der Waals surface area (Å²) in [4.78, 5) is 28.1. The SMILES string of the molecule is Cc1ccn(CCN2CCOCC2)c(=O)c1C(=O)NCc1ccc(-c2ccccc2)cc1. The molecule has 1 aliphatic rings. The lowest BCUT2D eigenvalue weighted by molar-refractivity contribution is 0.0362. The minimum absolute atomic E-state index is 0.218. The van der Waals surface area contributed by atoms with Gasteiger partial charge in [0.2, 0.25) is 0 Å². The number of nitrogens with zero attached hydrogens (tertiary/aromatic N) is 2. The van der Waals surface area contributed by atoms with Crippen LogP contribution in [-0.4, -0.2) is 48.2 Å². The van der Waals surface area contributed by atoms with Gasteiger partial charge in [0.25, 0.3) is 11.5 Å². The Morgan fingerprint density at radius 2 is 1.62 bits per heavy atom. The molecule has 1 aliphatic heterocycles. The third-order valence-electron chi connectivity index (χ3n) is 5.88. The predicted octanol–water partition coefficient (Wildman–Crippen LogP) is 3.09. The lowest BCUT2D eigenvalue weighted by Crippen LogP contribution is -2.40. The van der Waals surface area contributed by atoms with Gasteiger partial charge in [-0.2, -0.15) is 0 Å². The highest BCUT2D eigenvalue weighted by molar-refractivity contribution is 5.95. The summed E-state index contributed by atoms with van der Waals surface area (Å²) in [5.41, 5.74) is 3.93. The molecule has 0 atom stereocenters. The van der Waals surface area contributed by atoms with Crippen molar-refractivity contribution in [3.8, 4) is 11.1 Å². The number of benzene rings is 2. The molecule has 1 fully saturated rings. The largest absolute Gasteiger partial charge is 0.379 e. The van der Waals surface area contributed by atoms with Crippen molar-refractivity contribution in [3.05, 3.63) is 93.9 Å². The molecule has 1 amide bonds. The molecule has 2 heterocycles. The molecule has 1 aromatic heterocycles. The number of hydrogen-bond donors (Lipinski definition) is 1. The van der Waals surface area contributed by atoms with Crippen LogP contribution in [0.2, 0.25) is 0 Å². The van der Waals surface area contributed by atoms with Gasteiger partial charge in [-0.1, -0.05) is 54.6 Å². The standard InChI is InChI=1S/C26H29N3O3/c1-20-11-12-29(14-13-28-15-17-32-18-16-28)26(31)24(20)25(30)27-19-21-7-9-23(10-8-21)22-5-3-2-4-6-22/h2-12H,13-19H2,1H3,(H,27,30). The predicted molar refractivity (Wildman–Crippen MR) is 126 cm³/mol. The van der Waals surface area contributed by atoms with E-state index in [-0.39, 0.29) is 17.0 Å². The van der Waals surface area contributed by atoms with Crippen LogP contribution >= 0.6 is 0 Å². The Hall–Kier alpha value is -3.22. The highest BCUT2D eigenvalue weighted by atomic mass is 16.5. The first-order chi connectivity index (χ1) is 15.6. The molecule has 3 aromatic rings. The van der Waals surface area contributed by atoms with Crippen molar-refractivity contribution in [2.24, 2.45) is 0 Å². The van der Waals surface area contributed by atoms with Crippen molar-refractivity contribution in [1.82, 2.24) is 14.8 Å². The van der Waals surface area contributed by atoms with Crippen LogP contribution in [0.3, 0.4) is 0 Å². The first kappa shape index (κ1) is 22.0. The number of carbonyl (C=O) groups is 1. The number of amides is 1. The van der Waals surface area contributed by atoms with E-state index in [1.807, 2.05) is 48.5 Å². The summed E-state index contributed by atoms with van der Waals surface area (Å²) in [5, 5.41) is 2.91. The van der Waals surface area contributed by atoms with Gasteiger partial charge in [-0.3, -0.25) is 14.5 Å². The molecule has 6 nitrogen and oxygen atoms in total. The Bertz CT molecular complexity index is 1100. The van der Waals surface area contributed by atoms with Crippen molar-refractivity contribution in [3.63, 3.8) is 0 Å². The molecule has 2 aromatic carbocycles. The van der Waals surface area contributed by atoms with Crippen LogP contribution in [0, 0.1) is 6.92 Å². The molecule has 0 bridgehead atoms. The van der Waals surface area contributed by atoms with E-state index in [1.54, 1.807) is 17.7 Å². The van der Waals surface area contributed by atoms with Gasteiger partial charge in [0.1, 0.15) is 5.56 Å². The fraction of sp³-hybridized carbons (Fsp3) is 0.308. The molecule has 1 N–H and O–H groups in total. The van der Waals surface area contributed by atoms with E-state index in [9.17, 15) is 9.59 Å². The number of aromatic nitrogens is 1. The Morgan fingerprint density at radius 1 is 0.938 bits per heavy atom. The molecule has 0 radical (unpaired) electrons. The highest BCUT2D eigenvalue weighted by Gasteiger charge is 2.17. The Labute approximate surface area is 188 Å². The molecule has 0 aliphatic carbocycles. The third kappa shape index (κ3) is 5.33. The second-order valence-corrected chi connectivity index (χ2v) is 8.07. The topological polar surface area (TPSA) is 63.6 Å². The van der Waals surface area contributed by atoms with Crippen molar-refractivity contribution in [2.45, 2.75) is 20.0 Å². The zero-order valence-corrected chi connectivity index (χ0v) is 18.4.